The van der Waals surface area contributed by atoms with Gasteiger partial charge in [0.2, 0.25) is 0 Å². The second-order valence-electron chi connectivity index (χ2n) is 8.08. The van der Waals surface area contributed by atoms with Crippen LogP contribution in [-0.2, 0) is 11.2 Å². The van der Waals surface area contributed by atoms with E-state index in [1.54, 1.807) is 7.11 Å². The largest absolute Gasteiger partial charge is 0.494 e. The second kappa shape index (κ2) is 9.34. The van der Waals surface area contributed by atoms with E-state index in [1.165, 1.54) is 30.5 Å². The van der Waals surface area contributed by atoms with Crippen LogP contribution in [0.1, 0.15) is 88.2 Å². The smallest absolute Gasteiger partial charge is 0.146 e. The zero-order valence-electron chi connectivity index (χ0n) is 18.6. The van der Waals surface area contributed by atoms with Gasteiger partial charge in [0.05, 0.1) is 18.5 Å². The number of hydrogen-bond acceptors (Lipinski definition) is 2. The average molecular weight is 393 g/mol. The highest BCUT2D eigenvalue weighted by Gasteiger charge is 2.21. The summed E-state index contributed by atoms with van der Waals surface area (Å²) in [4.78, 5) is 11.7. The molecule has 0 unspecified atom stereocenters. The minimum Gasteiger partial charge on any atom is -0.494 e. The molecule has 3 heterocycles. The van der Waals surface area contributed by atoms with Crippen LogP contribution in [0.3, 0.4) is 0 Å². The maximum absolute atomic E-state index is 8.36. The number of methoxy groups -OCH3 is 1. The normalized spacial score (nSPS) is 24.2. The molecule has 0 saturated heterocycles. The minimum absolute atomic E-state index is 0.0699. The predicted molar refractivity (Wildman–Crippen MR) is 120 cm³/mol. The first-order valence-corrected chi connectivity index (χ1v) is 11.0. The van der Waals surface area contributed by atoms with Gasteiger partial charge < -0.3 is 14.7 Å². The first kappa shape index (κ1) is 18.5. The summed E-state index contributed by atoms with van der Waals surface area (Å²) in [6.07, 6.45) is 14.9. The quantitative estimate of drug-likeness (QED) is 0.579. The second-order valence-corrected chi connectivity index (χ2v) is 8.08. The Hall–Kier alpha value is -2.49. The van der Waals surface area contributed by atoms with Crippen molar-refractivity contribution in [1.82, 2.24) is 9.97 Å². The lowest BCUT2D eigenvalue weighted by Crippen LogP contribution is -2.01. The van der Waals surface area contributed by atoms with E-state index < -0.39 is 0 Å². The van der Waals surface area contributed by atoms with Crippen LogP contribution in [0.5, 0.6) is 0 Å². The van der Waals surface area contributed by atoms with Crippen molar-refractivity contribution in [3.63, 3.8) is 0 Å². The van der Waals surface area contributed by atoms with Crippen molar-refractivity contribution in [2.45, 2.75) is 70.6 Å². The molecular formula is C25H33N3O. The summed E-state index contributed by atoms with van der Waals surface area (Å²) in [5.41, 5.74) is 6.58. The summed E-state index contributed by atoms with van der Waals surface area (Å²) < 4.78 is 14.0. The SMILES string of the molecule is [2H][C@@H]1CCCc2cc(c(/C=C3\N=C(c4ccc[nH]4)C=C3OC)[nH]2)[C@@H](CCCC)CC1. The average Bonchev–Trinajstić information content (AvgIpc) is 3.48. The Labute approximate surface area is 175 Å². The summed E-state index contributed by atoms with van der Waals surface area (Å²) in [6.45, 7) is 2.25. The molecule has 2 N–H and O–H groups in total. The van der Waals surface area contributed by atoms with Crippen molar-refractivity contribution >= 4 is 11.8 Å². The third kappa shape index (κ3) is 4.58. The Balaban J connectivity index is 1.70. The van der Waals surface area contributed by atoms with Crippen molar-refractivity contribution in [2.24, 2.45) is 4.99 Å². The van der Waals surface area contributed by atoms with Gasteiger partial charge in [-0.15, -0.1) is 0 Å². The Bertz CT molecular complexity index is 936. The van der Waals surface area contributed by atoms with Gasteiger partial charge >= 0.3 is 0 Å². The summed E-state index contributed by atoms with van der Waals surface area (Å²) in [7, 11) is 1.70. The van der Waals surface area contributed by atoms with Gasteiger partial charge in [0.1, 0.15) is 11.5 Å². The van der Waals surface area contributed by atoms with Crippen molar-refractivity contribution in [3.05, 3.63) is 64.6 Å². The Morgan fingerprint density at radius 1 is 1.34 bits per heavy atom. The van der Waals surface area contributed by atoms with Gasteiger partial charge in [-0.2, -0.15) is 0 Å². The van der Waals surface area contributed by atoms with Crippen LogP contribution in [0.25, 0.3) is 6.08 Å². The number of unbranched alkanes of at least 4 members (excludes halogenated alkanes) is 1. The molecule has 0 radical (unpaired) electrons. The van der Waals surface area contributed by atoms with E-state index in [4.69, 9.17) is 11.1 Å². The molecule has 4 heteroatoms. The predicted octanol–water partition coefficient (Wildman–Crippen LogP) is 6.50. The lowest BCUT2D eigenvalue weighted by Gasteiger charge is -2.17. The fraction of sp³-hybridized carbons (Fsp3) is 0.480. The van der Waals surface area contributed by atoms with Crippen LogP contribution in [-0.4, -0.2) is 22.8 Å². The lowest BCUT2D eigenvalue weighted by atomic mass is 9.87. The minimum atomic E-state index is 0.0699. The van der Waals surface area contributed by atoms with Crippen molar-refractivity contribution < 1.29 is 6.11 Å². The highest BCUT2D eigenvalue weighted by molar-refractivity contribution is 6.11. The standard InChI is InChI=1S/C25H33N3O/c1-3-4-10-18-11-7-5-6-8-12-19-15-20(18)22(27-19)16-24-25(29-2)17-23(28-24)21-13-9-14-26-21/h9,13-18,26-27H,3-8,10-12H2,1-2H3/b24-16-/t18-/m0/s1/i5D/t5-,18+/m1. The summed E-state index contributed by atoms with van der Waals surface area (Å²) >= 11 is 0. The van der Waals surface area contributed by atoms with Gasteiger partial charge in [-0.3, -0.25) is 0 Å². The Morgan fingerprint density at radius 2 is 2.28 bits per heavy atom. The summed E-state index contributed by atoms with van der Waals surface area (Å²) in [5.74, 6) is 1.29. The molecule has 29 heavy (non-hydrogen) atoms. The molecule has 2 aliphatic rings. The van der Waals surface area contributed by atoms with E-state index in [0.29, 0.717) is 5.92 Å². The molecule has 0 amide bonds. The number of allylic oxidation sites excluding steroid dienone is 1. The van der Waals surface area contributed by atoms with E-state index in [2.05, 4.69) is 29.0 Å². The highest BCUT2D eigenvalue weighted by atomic mass is 16.5. The van der Waals surface area contributed by atoms with Crippen molar-refractivity contribution in [1.29, 1.82) is 0 Å². The fourth-order valence-electron chi connectivity index (χ4n) is 4.39. The number of hydrogen-bond donors (Lipinski definition) is 2. The number of nitrogens with one attached hydrogen (secondary N) is 2. The van der Waals surface area contributed by atoms with Gasteiger partial charge in [-0.05, 0) is 61.4 Å². The van der Waals surface area contributed by atoms with E-state index >= 15 is 0 Å². The molecule has 0 aromatic carbocycles. The monoisotopic (exact) mass is 392 g/mol. The zero-order valence-corrected chi connectivity index (χ0v) is 17.6. The molecule has 2 bridgehead atoms. The number of aromatic nitrogens is 2. The molecule has 0 saturated carbocycles. The van der Waals surface area contributed by atoms with E-state index in [1.807, 2.05) is 24.4 Å². The number of rotatable bonds is 6. The molecule has 1 aliphatic carbocycles. The highest BCUT2D eigenvalue weighted by Crippen LogP contribution is 2.35. The van der Waals surface area contributed by atoms with Crippen molar-refractivity contribution in [2.75, 3.05) is 7.11 Å². The first-order chi connectivity index (χ1) is 14.7. The van der Waals surface area contributed by atoms with Gasteiger partial charge in [-0.1, -0.05) is 39.0 Å². The summed E-state index contributed by atoms with van der Waals surface area (Å²) in [5, 5.41) is 0. The van der Waals surface area contributed by atoms with E-state index in [-0.39, 0.29) is 6.40 Å². The molecule has 0 fully saturated rings. The zero-order chi connectivity index (χ0) is 20.9. The molecule has 4 nitrogen and oxygen atoms in total. The fourth-order valence-corrected chi connectivity index (χ4v) is 4.39. The van der Waals surface area contributed by atoms with Gasteiger partial charge in [0.15, 0.2) is 0 Å². The van der Waals surface area contributed by atoms with E-state index in [9.17, 15) is 0 Å². The number of fused-ring (bicyclic) bond motifs is 2. The first-order valence-electron chi connectivity index (χ1n) is 11.6. The molecule has 2 aromatic rings. The number of aryl methyl sites for hydroxylation is 1. The topological polar surface area (TPSA) is 53.2 Å². The third-order valence-electron chi connectivity index (χ3n) is 5.99. The number of ether oxygens (including phenoxy) is 1. The van der Waals surface area contributed by atoms with E-state index in [0.717, 1.165) is 60.7 Å². The molecule has 0 spiro atoms. The molecule has 1 aliphatic heterocycles. The Kier molecular flexibility index (Phi) is 5.97. The number of H-pyrrole nitrogens is 2. The van der Waals surface area contributed by atoms with Crippen LogP contribution in [0.4, 0.5) is 0 Å². The molecule has 2 aromatic heterocycles. The lowest BCUT2D eigenvalue weighted by molar-refractivity contribution is 0.303. The van der Waals surface area contributed by atoms with Gasteiger partial charge in [0, 0.05) is 25.0 Å². The molecule has 4 rings (SSSR count). The molecule has 154 valence electrons. The molecule has 2 atom stereocenters. The number of aromatic amines is 2. The van der Waals surface area contributed by atoms with Gasteiger partial charge in [0.25, 0.3) is 0 Å². The maximum Gasteiger partial charge on any atom is 0.146 e. The number of nitrogens with zero attached hydrogens (tertiary/aromatic N) is 1. The van der Waals surface area contributed by atoms with Crippen LogP contribution in [0, 0.1) is 0 Å². The van der Waals surface area contributed by atoms with Crippen LogP contribution >= 0.6 is 0 Å². The third-order valence-corrected chi connectivity index (χ3v) is 5.99. The number of aliphatic imine (C=N–C) groups is 1. The maximum atomic E-state index is 8.36. The van der Waals surface area contributed by atoms with Crippen LogP contribution in [0.15, 0.2) is 46.9 Å². The molecular weight excluding hydrogens is 358 g/mol. The van der Waals surface area contributed by atoms with Crippen LogP contribution in [0.2, 0.25) is 0 Å². The summed E-state index contributed by atoms with van der Waals surface area (Å²) in [6, 6.07) is 6.38. The van der Waals surface area contributed by atoms with Gasteiger partial charge in [-0.25, -0.2) is 4.99 Å². The van der Waals surface area contributed by atoms with Crippen LogP contribution < -0.4 is 0 Å². The van der Waals surface area contributed by atoms with Crippen molar-refractivity contribution in [3.8, 4) is 0 Å². The Morgan fingerprint density at radius 3 is 3.07 bits per heavy atom.